The van der Waals surface area contributed by atoms with Crippen molar-refractivity contribution in [3.63, 3.8) is 0 Å². The van der Waals surface area contributed by atoms with Crippen LogP contribution in [0.3, 0.4) is 0 Å². The topological polar surface area (TPSA) is 48.7 Å². The van der Waals surface area contributed by atoms with Gasteiger partial charge in [0.1, 0.15) is 6.61 Å². The summed E-state index contributed by atoms with van der Waals surface area (Å²) in [6.45, 7) is 5.71. The molecular weight excluding hydrogens is 208 g/mol. The lowest BCUT2D eigenvalue weighted by atomic mass is 10.1. The Bertz CT molecular complexity index is 316. The monoisotopic (exact) mass is 224 g/mol. The fraction of sp³-hybridized carbons (Fsp3) is 0.417. The minimum atomic E-state index is -0.361. The Morgan fingerprint density at radius 1 is 1.69 bits per heavy atom. The van der Waals surface area contributed by atoms with Gasteiger partial charge in [-0.2, -0.15) is 0 Å². The summed E-state index contributed by atoms with van der Waals surface area (Å²) in [5.41, 5.74) is 0.893. The zero-order valence-electron chi connectivity index (χ0n) is 9.35. The molecule has 0 bridgehead atoms. The van der Waals surface area contributed by atoms with E-state index < -0.39 is 0 Å². The lowest BCUT2D eigenvalue weighted by Crippen LogP contribution is -2.15. The van der Waals surface area contributed by atoms with Crippen LogP contribution in [-0.4, -0.2) is 19.2 Å². The second-order valence-corrected chi connectivity index (χ2v) is 3.19. The first-order chi connectivity index (χ1) is 7.77. The number of esters is 1. The van der Waals surface area contributed by atoms with Gasteiger partial charge in [-0.15, -0.1) is 6.58 Å². The van der Waals surface area contributed by atoms with Crippen molar-refractivity contribution in [3.8, 4) is 0 Å². The molecule has 0 aliphatic carbocycles. The van der Waals surface area contributed by atoms with Crippen molar-refractivity contribution in [2.75, 3.05) is 13.2 Å². The molecule has 0 fully saturated rings. The highest BCUT2D eigenvalue weighted by Crippen LogP contribution is 2.21. The number of hydrogen-bond donors (Lipinski definition) is 0. The molecular formula is C12H16O4. The van der Waals surface area contributed by atoms with Crippen molar-refractivity contribution < 1.29 is 18.7 Å². The van der Waals surface area contributed by atoms with Crippen LogP contribution in [-0.2, 0) is 14.3 Å². The van der Waals surface area contributed by atoms with Gasteiger partial charge in [-0.25, -0.2) is 4.79 Å². The van der Waals surface area contributed by atoms with E-state index in [-0.39, 0.29) is 18.7 Å². The molecule has 4 nitrogen and oxygen atoms in total. The Balaban J connectivity index is 2.46. The number of furan rings is 1. The van der Waals surface area contributed by atoms with Crippen molar-refractivity contribution in [2.45, 2.75) is 19.4 Å². The number of rotatable bonds is 7. The molecule has 0 aliphatic rings. The summed E-state index contributed by atoms with van der Waals surface area (Å²) in [7, 11) is 0. The quantitative estimate of drug-likeness (QED) is 0.527. The van der Waals surface area contributed by atoms with Crippen LogP contribution < -0.4 is 0 Å². The third kappa shape index (κ3) is 3.90. The largest absolute Gasteiger partial charge is 0.472 e. The molecule has 0 spiro atoms. The number of ether oxygens (including phenoxy) is 2. The first kappa shape index (κ1) is 12.5. The van der Waals surface area contributed by atoms with Gasteiger partial charge in [-0.05, 0) is 19.4 Å². The summed E-state index contributed by atoms with van der Waals surface area (Å²) in [5.74, 6) is -0.361. The maximum absolute atomic E-state index is 11.1. The molecule has 1 atom stereocenters. The van der Waals surface area contributed by atoms with E-state index in [2.05, 4.69) is 6.58 Å². The minimum absolute atomic E-state index is 0.0580. The molecule has 1 aromatic rings. The lowest BCUT2D eigenvalue weighted by Gasteiger charge is -2.13. The van der Waals surface area contributed by atoms with E-state index in [1.165, 1.54) is 0 Å². The molecule has 0 N–H and O–H groups in total. The number of carbonyl (C=O) groups excluding carboxylic acids is 1. The van der Waals surface area contributed by atoms with E-state index in [0.29, 0.717) is 13.0 Å². The van der Waals surface area contributed by atoms with Crippen LogP contribution in [0.15, 0.2) is 35.7 Å². The maximum Gasteiger partial charge on any atom is 0.332 e. The van der Waals surface area contributed by atoms with Gasteiger partial charge in [-0.3, -0.25) is 0 Å². The van der Waals surface area contributed by atoms with Gasteiger partial charge in [0.2, 0.25) is 0 Å². The zero-order valence-corrected chi connectivity index (χ0v) is 9.35. The Labute approximate surface area is 94.8 Å². The third-order valence-corrected chi connectivity index (χ3v) is 2.00. The summed E-state index contributed by atoms with van der Waals surface area (Å²) < 4.78 is 15.2. The number of carbonyl (C=O) groups is 1. The molecule has 0 aromatic carbocycles. The molecule has 1 heterocycles. The molecule has 1 aromatic heterocycles. The van der Waals surface area contributed by atoms with E-state index in [1.54, 1.807) is 31.6 Å². The van der Waals surface area contributed by atoms with Crippen LogP contribution in [0.4, 0.5) is 0 Å². The van der Waals surface area contributed by atoms with Gasteiger partial charge >= 0.3 is 5.97 Å². The van der Waals surface area contributed by atoms with Crippen molar-refractivity contribution in [3.05, 3.63) is 36.8 Å². The summed E-state index contributed by atoms with van der Waals surface area (Å²) in [6, 6.07) is 1.80. The molecule has 0 unspecified atom stereocenters. The molecule has 16 heavy (non-hydrogen) atoms. The van der Waals surface area contributed by atoms with Crippen LogP contribution >= 0.6 is 0 Å². The average molecular weight is 224 g/mol. The average Bonchev–Trinajstić information content (AvgIpc) is 2.78. The molecule has 4 heteroatoms. The summed E-state index contributed by atoms with van der Waals surface area (Å²) in [5, 5.41) is 0. The molecule has 1 rings (SSSR count). The second kappa shape index (κ2) is 6.85. The zero-order chi connectivity index (χ0) is 11.8. The summed E-state index contributed by atoms with van der Waals surface area (Å²) >= 11 is 0. The highest BCUT2D eigenvalue weighted by Gasteiger charge is 2.14. The van der Waals surface area contributed by atoms with Crippen LogP contribution in [0.2, 0.25) is 0 Å². The predicted octanol–water partition coefficient (Wildman–Crippen LogP) is 2.48. The highest BCUT2D eigenvalue weighted by molar-refractivity contribution is 5.70. The van der Waals surface area contributed by atoms with Crippen molar-refractivity contribution in [1.29, 1.82) is 0 Å². The Morgan fingerprint density at radius 2 is 2.50 bits per heavy atom. The summed E-state index contributed by atoms with van der Waals surface area (Å²) in [4.78, 5) is 11.1. The molecule has 0 saturated carbocycles. The smallest absolute Gasteiger partial charge is 0.332 e. The first-order valence-corrected chi connectivity index (χ1v) is 5.18. The second-order valence-electron chi connectivity index (χ2n) is 3.19. The van der Waals surface area contributed by atoms with E-state index in [9.17, 15) is 4.79 Å². The van der Waals surface area contributed by atoms with Gasteiger partial charge in [0, 0.05) is 5.56 Å². The standard InChI is InChI=1S/C12H16O4/c1-3-5-11(10-6-7-14-8-10)16-9-12(13)15-4-2/h3,6-8,11H,1,4-5,9H2,2H3/t11-/m1/s1. The van der Waals surface area contributed by atoms with E-state index in [0.717, 1.165) is 5.56 Å². The van der Waals surface area contributed by atoms with E-state index in [4.69, 9.17) is 13.9 Å². The van der Waals surface area contributed by atoms with Crippen LogP contribution in [0, 0.1) is 0 Å². The van der Waals surface area contributed by atoms with Crippen molar-refractivity contribution >= 4 is 5.97 Å². The highest BCUT2D eigenvalue weighted by atomic mass is 16.6. The van der Waals surface area contributed by atoms with Crippen LogP contribution in [0.1, 0.15) is 25.0 Å². The van der Waals surface area contributed by atoms with Gasteiger partial charge in [-0.1, -0.05) is 6.08 Å². The Hall–Kier alpha value is -1.55. The molecule has 0 saturated heterocycles. The Morgan fingerprint density at radius 3 is 3.06 bits per heavy atom. The third-order valence-electron chi connectivity index (χ3n) is 2.00. The molecule has 0 aliphatic heterocycles. The van der Waals surface area contributed by atoms with Gasteiger partial charge in [0.15, 0.2) is 0 Å². The molecule has 0 radical (unpaired) electrons. The van der Waals surface area contributed by atoms with Gasteiger partial charge in [0.25, 0.3) is 0 Å². The fourth-order valence-corrected chi connectivity index (χ4v) is 1.28. The predicted molar refractivity (Wildman–Crippen MR) is 58.8 cm³/mol. The van der Waals surface area contributed by atoms with Crippen molar-refractivity contribution in [2.24, 2.45) is 0 Å². The van der Waals surface area contributed by atoms with Crippen LogP contribution in [0.5, 0.6) is 0 Å². The molecule has 88 valence electrons. The maximum atomic E-state index is 11.1. The van der Waals surface area contributed by atoms with Crippen LogP contribution in [0.25, 0.3) is 0 Å². The van der Waals surface area contributed by atoms with Gasteiger partial charge in [0.05, 0.1) is 25.2 Å². The van der Waals surface area contributed by atoms with E-state index >= 15 is 0 Å². The van der Waals surface area contributed by atoms with E-state index in [1.807, 2.05) is 0 Å². The van der Waals surface area contributed by atoms with Crippen molar-refractivity contribution in [1.82, 2.24) is 0 Å². The lowest BCUT2D eigenvalue weighted by molar-refractivity contribution is -0.150. The SMILES string of the molecule is C=CC[C@@H](OCC(=O)OCC)c1ccoc1. The number of hydrogen-bond acceptors (Lipinski definition) is 4. The van der Waals surface area contributed by atoms with Gasteiger partial charge < -0.3 is 13.9 Å². The minimum Gasteiger partial charge on any atom is -0.472 e. The fourth-order valence-electron chi connectivity index (χ4n) is 1.28. The first-order valence-electron chi connectivity index (χ1n) is 5.18. The summed E-state index contributed by atoms with van der Waals surface area (Å²) in [6.07, 6.45) is 5.32. The Kier molecular flexibility index (Phi) is 5.36. The molecule has 0 amide bonds. The normalized spacial score (nSPS) is 12.1.